The molecule has 3 aromatic rings. The Morgan fingerprint density at radius 3 is 2.58 bits per heavy atom. The van der Waals surface area contributed by atoms with Crippen LogP contribution in [0.3, 0.4) is 0 Å². The van der Waals surface area contributed by atoms with Crippen LogP contribution in [0.5, 0.6) is 5.75 Å². The number of nitrogens with one attached hydrogen (secondary N) is 3. The van der Waals surface area contributed by atoms with Gasteiger partial charge in [0, 0.05) is 47.6 Å². The molecule has 4 atom stereocenters. The molecule has 1 aliphatic heterocycles. The maximum Gasteiger partial charge on any atom is 0.253 e. The number of rotatable bonds is 11. The first-order valence-electron chi connectivity index (χ1n) is 17.0. The fourth-order valence-electron chi connectivity index (χ4n) is 7.41. The maximum absolute atomic E-state index is 13.8. The van der Waals surface area contributed by atoms with Gasteiger partial charge in [0.05, 0.1) is 30.9 Å². The van der Waals surface area contributed by atoms with Gasteiger partial charge in [-0.2, -0.15) is 0 Å². The maximum atomic E-state index is 13.8. The molecule has 2 aromatic carbocycles. The predicted molar refractivity (Wildman–Crippen MR) is 186 cm³/mol. The molecular weight excluding hydrogens is 604 g/mol. The second kappa shape index (κ2) is 14.3. The first-order chi connectivity index (χ1) is 23.1. The van der Waals surface area contributed by atoms with Crippen LogP contribution >= 0.6 is 0 Å². The fourth-order valence-corrected chi connectivity index (χ4v) is 7.41. The second-order valence-electron chi connectivity index (χ2n) is 13.9. The van der Waals surface area contributed by atoms with E-state index in [1.165, 1.54) is 19.0 Å². The number of hydrogen-bond donors (Lipinski definition) is 4. The minimum atomic E-state index is -0.963. The van der Waals surface area contributed by atoms with Crippen LogP contribution < -0.4 is 20.9 Å². The van der Waals surface area contributed by atoms with Crippen molar-refractivity contribution in [1.29, 1.82) is 0 Å². The number of aromatic nitrogens is 1. The zero-order chi connectivity index (χ0) is 33.8. The van der Waals surface area contributed by atoms with Crippen molar-refractivity contribution >= 4 is 11.7 Å². The van der Waals surface area contributed by atoms with E-state index in [4.69, 9.17) is 4.74 Å². The number of nitrogens with zero attached hydrogens (tertiary/aromatic N) is 1. The molecule has 1 aromatic heterocycles. The van der Waals surface area contributed by atoms with Crippen molar-refractivity contribution in [2.45, 2.75) is 82.6 Å². The minimum absolute atomic E-state index is 0.0827. The van der Waals surface area contributed by atoms with E-state index < -0.39 is 17.6 Å². The molecule has 2 aliphatic carbocycles. The number of carbonyl (C=O) groups excluding carboxylic acids is 2. The smallest absolute Gasteiger partial charge is 0.253 e. The number of benzene rings is 2. The van der Waals surface area contributed by atoms with E-state index in [2.05, 4.69) is 20.5 Å². The van der Waals surface area contributed by atoms with E-state index >= 15 is 0 Å². The van der Waals surface area contributed by atoms with Crippen molar-refractivity contribution in [1.82, 2.24) is 20.5 Å². The number of ether oxygens (including phenoxy) is 1. The number of fused-ring (bicyclic) bond motifs is 1. The number of aromatic amines is 1. The molecule has 3 aliphatic rings. The molecule has 2 heterocycles. The molecule has 9 heteroatoms. The molecule has 48 heavy (non-hydrogen) atoms. The van der Waals surface area contributed by atoms with Crippen LogP contribution in [-0.2, 0) is 6.42 Å². The Morgan fingerprint density at radius 2 is 1.83 bits per heavy atom. The molecule has 6 rings (SSSR count). The van der Waals surface area contributed by atoms with E-state index in [1.807, 2.05) is 80.7 Å². The van der Waals surface area contributed by atoms with Gasteiger partial charge < -0.3 is 30.4 Å². The van der Waals surface area contributed by atoms with Crippen molar-refractivity contribution in [3.05, 3.63) is 123 Å². The van der Waals surface area contributed by atoms with Gasteiger partial charge in [0.1, 0.15) is 5.75 Å². The first kappa shape index (κ1) is 33.4. The molecular formula is C39H46N4O5. The molecule has 1 fully saturated rings. The van der Waals surface area contributed by atoms with Crippen molar-refractivity contribution in [3.8, 4) is 5.75 Å². The zero-order valence-electron chi connectivity index (χ0n) is 27.9. The summed E-state index contributed by atoms with van der Waals surface area (Å²) in [4.78, 5) is 45.2. The normalized spacial score (nSPS) is 21.5. The highest BCUT2D eigenvalue weighted by atomic mass is 16.5. The van der Waals surface area contributed by atoms with Crippen LogP contribution in [0.15, 0.2) is 90.0 Å². The van der Waals surface area contributed by atoms with E-state index in [-0.39, 0.29) is 35.9 Å². The standard InChI is InChI=1S/C39H46N4O5/c1-39(2)22-33(30-21-28(48-3)16-17-29(30)36(39)45)40-24-35(44)32(19-25-11-5-4-6-12-25)42-37(46)26-20-31(38(47)41-23-26)34-15-9-10-18-43(34)27-13-7-8-14-27/h4-6,9-12,15-18,20-21,23,27,32-35,40,44H,7-8,13-14,19,22,24H2,1-3H3,(H,41,47)(H,42,46)/t32-,33+,34?,35+/m0/s1. The molecule has 0 spiro atoms. The number of aliphatic hydroxyl groups is 1. The number of ketones is 1. The largest absolute Gasteiger partial charge is 0.497 e. The Morgan fingerprint density at radius 1 is 1.06 bits per heavy atom. The van der Waals surface area contributed by atoms with Gasteiger partial charge in [-0.15, -0.1) is 0 Å². The third-order valence-electron chi connectivity index (χ3n) is 10.1. The summed E-state index contributed by atoms with van der Waals surface area (Å²) in [5, 5.41) is 18.2. The molecule has 0 saturated heterocycles. The molecule has 252 valence electrons. The Hall–Kier alpha value is -4.47. The summed E-state index contributed by atoms with van der Waals surface area (Å²) in [5.74, 6) is 0.364. The highest BCUT2D eigenvalue weighted by Gasteiger charge is 2.40. The number of amides is 1. The minimum Gasteiger partial charge on any atom is -0.497 e. The molecule has 0 bridgehead atoms. The third-order valence-corrected chi connectivity index (χ3v) is 10.1. The van der Waals surface area contributed by atoms with Gasteiger partial charge in [0.25, 0.3) is 11.5 Å². The number of pyridine rings is 1. The predicted octanol–water partition coefficient (Wildman–Crippen LogP) is 5.40. The average molecular weight is 651 g/mol. The molecule has 0 radical (unpaired) electrons. The molecule has 1 unspecified atom stereocenters. The number of aliphatic hydroxyl groups excluding tert-OH is 1. The Balaban J connectivity index is 1.22. The van der Waals surface area contributed by atoms with Gasteiger partial charge in [-0.05, 0) is 67.2 Å². The van der Waals surface area contributed by atoms with E-state index in [0.29, 0.717) is 41.3 Å². The summed E-state index contributed by atoms with van der Waals surface area (Å²) in [5.41, 5.74) is 2.49. The van der Waals surface area contributed by atoms with Crippen LogP contribution in [-0.4, -0.2) is 58.5 Å². The van der Waals surface area contributed by atoms with Crippen molar-refractivity contribution < 1.29 is 19.4 Å². The molecule has 1 saturated carbocycles. The Labute approximate surface area is 282 Å². The van der Waals surface area contributed by atoms with E-state index in [9.17, 15) is 19.5 Å². The van der Waals surface area contributed by atoms with Gasteiger partial charge in [-0.3, -0.25) is 14.4 Å². The number of methoxy groups -OCH3 is 1. The Kier molecular flexibility index (Phi) is 9.99. The van der Waals surface area contributed by atoms with Gasteiger partial charge >= 0.3 is 0 Å². The SMILES string of the molecule is COc1ccc2c(c1)[C@H](NC[C@@H](O)[C@H](Cc1ccccc1)NC(=O)c1c[nH]c(=O)c(C3C=CC=CN3C3CCCC3)c1)CC(C)(C)C2=O. The van der Waals surface area contributed by atoms with Gasteiger partial charge in [0.2, 0.25) is 0 Å². The van der Waals surface area contributed by atoms with Gasteiger partial charge in [-0.25, -0.2) is 0 Å². The number of allylic oxidation sites excluding steroid dienone is 2. The number of hydrogen-bond acceptors (Lipinski definition) is 7. The van der Waals surface area contributed by atoms with Crippen LogP contribution in [0.2, 0.25) is 0 Å². The fraction of sp³-hybridized carbons (Fsp3) is 0.410. The monoisotopic (exact) mass is 650 g/mol. The summed E-state index contributed by atoms with van der Waals surface area (Å²) in [7, 11) is 1.60. The number of H-pyrrole nitrogens is 1. The van der Waals surface area contributed by atoms with Crippen molar-refractivity contribution in [2.24, 2.45) is 5.41 Å². The van der Waals surface area contributed by atoms with Gasteiger partial charge in [0.15, 0.2) is 5.78 Å². The lowest BCUT2D eigenvalue weighted by Gasteiger charge is -2.37. The Bertz CT molecular complexity index is 1740. The first-order valence-corrected chi connectivity index (χ1v) is 17.0. The lowest BCUT2D eigenvalue weighted by molar-refractivity contribution is 0.0749. The summed E-state index contributed by atoms with van der Waals surface area (Å²) >= 11 is 0. The topological polar surface area (TPSA) is 124 Å². The average Bonchev–Trinajstić information content (AvgIpc) is 3.64. The summed E-state index contributed by atoms with van der Waals surface area (Å²) in [6.45, 7) is 4.06. The van der Waals surface area contributed by atoms with E-state index in [0.717, 1.165) is 24.0 Å². The molecule has 9 nitrogen and oxygen atoms in total. The van der Waals surface area contributed by atoms with Crippen molar-refractivity contribution in [2.75, 3.05) is 13.7 Å². The third kappa shape index (κ3) is 7.17. The molecule has 4 N–H and O–H groups in total. The summed E-state index contributed by atoms with van der Waals surface area (Å²) in [6, 6.07) is 16.1. The van der Waals surface area contributed by atoms with Crippen LogP contribution in [0.25, 0.3) is 0 Å². The molecule has 1 amide bonds. The summed E-state index contributed by atoms with van der Waals surface area (Å²) < 4.78 is 5.45. The zero-order valence-corrected chi connectivity index (χ0v) is 27.9. The quantitative estimate of drug-likeness (QED) is 0.219. The van der Waals surface area contributed by atoms with Crippen LogP contribution in [0, 0.1) is 5.41 Å². The van der Waals surface area contributed by atoms with Crippen molar-refractivity contribution in [3.63, 3.8) is 0 Å². The highest BCUT2D eigenvalue weighted by Crippen LogP contribution is 2.42. The van der Waals surface area contributed by atoms with Crippen LogP contribution in [0.4, 0.5) is 0 Å². The summed E-state index contributed by atoms with van der Waals surface area (Å²) in [6.07, 6.45) is 13.9. The highest BCUT2D eigenvalue weighted by molar-refractivity contribution is 6.02. The number of Topliss-reactive ketones (excluding diaryl/α,β-unsaturated/α-hetero) is 1. The number of carbonyl (C=O) groups is 2. The van der Waals surface area contributed by atoms with Crippen LogP contribution in [0.1, 0.15) is 95.4 Å². The second-order valence-corrected chi connectivity index (χ2v) is 13.9. The van der Waals surface area contributed by atoms with Gasteiger partial charge in [-0.1, -0.05) is 69.2 Å². The van der Waals surface area contributed by atoms with E-state index in [1.54, 1.807) is 19.2 Å². The lowest BCUT2D eigenvalue weighted by Crippen LogP contribution is -2.50. The lowest BCUT2D eigenvalue weighted by atomic mass is 9.71.